The Hall–Kier alpha value is -0.610. The Morgan fingerprint density at radius 1 is 1.50 bits per heavy atom. The number of nitrogens with two attached hydrogens (primary N) is 1. The van der Waals surface area contributed by atoms with E-state index in [4.69, 9.17) is 5.73 Å². The maximum Gasteiger partial charge on any atom is 0.221 e. The van der Waals surface area contributed by atoms with Gasteiger partial charge in [0.25, 0.3) is 0 Å². The van der Waals surface area contributed by atoms with E-state index in [0.29, 0.717) is 25.6 Å². The average molecular weight is 201 g/mol. The molecule has 1 unspecified atom stereocenters. The van der Waals surface area contributed by atoms with Gasteiger partial charge in [0.1, 0.15) is 0 Å². The number of nitrogens with zero attached hydrogens (tertiary/aromatic N) is 1. The van der Waals surface area contributed by atoms with Gasteiger partial charge in [-0.1, -0.05) is 0 Å². The molecule has 0 aliphatic heterocycles. The Labute approximate surface area is 86.8 Å². The van der Waals surface area contributed by atoms with Gasteiger partial charge in [0.15, 0.2) is 0 Å². The number of hydrogen-bond donors (Lipinski definition) is 2. The SMILES string of the molecule is CCNC(=O)CC(CN)N(C)C(C)C. The lowest BCUT2D eigenvalue weighted by Crippen LogP contribution is -2.44. The fourth-order valence-corrected chi connectivity index (χ4v) is 1.30. The molecule has 0 saturated heterocycles. The van der Waals surface area contributed by atoms with Gasteiger partial charge in [-0.05, 0) is 27.8 Å². The third-order valence-electron chi connectivity index (χ3n) is 2.46. The van der Waals surface area contributed by atoms with Crippen LogP contribution in [0.4, 0.5) is 0 Å². The van der Waals surface area contributed by atoms with Crippen molar-refractivity contribution in [2.45, 2.75) is 39.3 Å². The summed E-state index contributed by atoms with van der Waals surface area (Å²) in [6.07, 6.45) is 0.485. The van der Waals surface area contributed by atoms with Crippen molar-refractivity contribution in [2.24, 2.45) is 5.73 Å². The van der Waals surface area contributed by atoms with E-state index in [1.54, 1.807) is 0 Å². The van der Waals surface area contributed by atoms with Crippen molar-refractivity contribution in [3.63, 3.8) is 0 Å². The van der Waals surface area contributed by atoms with Crippen LogP contribution in [0.5, 0.6) is 0 Å². The summed E-state index contributed by atoms with van der Waals surface area (Å²) >= 11 is 0. The molecule has 3 N–H and O–H groups in total. The van der Waals surface area contributed by atoms with Crippen LogP contribution in [-0.2, 0) is 4.79 Å². The van der Waals surface area contributed by atoms with Crippen LogP contribution in [0.15, 0.2) is 0 Å². The fourth-order valence-electron chi connectivity index (χ4n) is 1.30. The van der Waals surface area contributed by atoms with Crippen LogP contribution in [-0.4, -0.2) is 43.0 Å². The van der Waals surface area contributed by atoms with Crippen LogP contribution in [0.25, 0.3) is 0 Å². The van der Waals surface area contributed by atoms with E-state index < -0.39 is 0 Å². The summed E-state index contributed by atoms with van der Waals surface area (Å²) < 4.78 is 0. The van der Waals surface area contributed by atoms with Gasteiger partial charge >= 0.3 is 0 Å². The Bertz CT molecular complexity index is 171. The highest BCUT2D eigenvalue weighted by Crippen LogP contribution is 2.04. The van der Waals surface area contributed by atoms with Crippen molar-refractivity contribution in [1.29, 1.82) is 0 Å². The number of amides is 1. The lowest BCUT2D eigenvalue weighted by Gasteiger charge is -2.29. The Morgan fingerprint density at radius 2 is 2.07 bits per heavy atom. The van der Waals surface area contributed by atoms with Crippen molar-refractivity contribution in [1.82, 2.24) is 10.2 Å². The van der Waals surface area contributed by atoms with Gasteiger partial charge in [0.05, 0.1) is 0 Å². The van der Waals surface area contributed by atoms with Crippen LogP contribution < -0.4 is 11.1 Å². The van der Waals surface area contributed by atoms with Gasteiger partial charge in [-0.2, -0.15) is 0 Å². The predicted octanol–water partition coefficient (Wildman–Crippen LogP) is 0.180. The molecule has 0 aliphatic rings. The molecule has 0 fully saturated rings. The zero-order chi connectivity index (χ0) is 11.1. The van der Waals surface area contributed by atoms with Crippen LogP contribution in [0.3, 0.4) is 0 Å². The van der Waals surface area contributed by atoms with Crippen molar-refractivity contribution in [2.75, 3.05) is 20.1 Å². The molecular formula is C10H23N3O. The molecule has 84 valence electrons. The van der Waals surface area contributed by atoms with Gasteiger partial charge < -0.3 is 11.1 Å². The van der Waals surface area contributed by atoms with Gasteiger partial charge in [-0.3, -0.25) is 9.69 Å². The summed E-state index contributed by atoms with van der Waals surface area (Å²) in [7, 11) is 2.00. The molecule has 0 saturated carbocycles. The molecule has 0 aromatic rings. The van der Waals surface area contributed by atoms with E-state index in [1.807, 2.05) is 14.0 Å². The molecule has 0 heterocycles. The van der Waals surface area contributed by atoms with E-state index in [1.165, 1.54) is 0 Å². The van der Waals surface area contributed by atoms with Crippen LogP contribution >= 0.6 is 0 Å². The zero-order valence-electron chi connectivity index (χ0n) is 9.71. The van der Waals surface area contributed by atoms with Crippen LogP contribution in [0.1, 0.15) is 27.2 Å². The molecule has 0 aromatic carbocycles. The standard InChI is InChI=1S/C10H23N3O/c1-5-12-10(14)6-9(7-11)13(4)8(2)3/h8-9H,5-7,11H2,1-4H3,(H,12,14). The minimum atomic E-state index is 0.0791. The summed E-state index contributed by atoms with van der Waals surface area (Å²) in [5.74, 6) is 0.0791. The maximum atomic E-state index is 11.3. The second kappa shape index (κ2) is 6.79. The normalized spacial score (nSPS) is 13.4. The Balaban J connectivity index is 4.08. The molecule has 0 radical (unpaired) electrons. The fraction of sp³-hybridized carbons (Fsp3) is 0.900. The highest BCUT2D eigenvalue weighted by atomic mass is 16.1. The molecule has 1 amide bonds. The molecule has 4 nitrogen and oxygen atoms in total. The molecule has 0 bridgehead atoms. The summed E-state index contributed by atoms with van der Waals surface area (Å²) in [6.45, 7) is 7.32. The highest BCUT2D eigenvalue weighted by molar-refractivity contribution is 5.76. The molecule has 4 heteroatoms. The first kappa shape index (κ1) is 13.4. The van der Waals surface area contributed by atoms with Gasteiger partial charge in [0.2, 0.25) is 5.91 Å². The smallest absolute Gasteiger partial charge is 0.221 e. The average Bonchev–Trinajstić information content (AvgIpc) is 2.13. The summed E-state index contributed by atoms with van der Waals surface area (Å²) in [6, 6.07) is 0.555. The lowest BCUT2D eigenvalue weighted by molar-refractivity contribution is -0.122. The molecule has 14 heavy (non-hydrogen) atoms. The number of carbonyl (C=O) groups excluding carboxylic acids is 1. The van der Waals surface area contributed by atoms with E-state index in [9.17, 15) is 4.79 Å². The predicted molar refractivity (Wildman–Crippen MR) is 59.0 cm³/mol. The Kier molecular flexibility index (Phi) is 6.49. The largest absolute Gasteiger partial charge is 0.356 e. The zero-order valence-corrected chi connectivity index (χ0v) is 9.71. The monoisotopic (exact) mass is 201 g/mol. The first-order valence-electron chi connectivity index (χ1n) is 5.21. The second-order valence-corrected chi connectivity index (χ2v) is 3.81. The van der Waals surface area contributed by atoms with Gasteiger partial charge in [0, 0.05) is 31.6 Å². The first-order chi connectivity index (χ1) is 6.52. The summed E-state index contributed by atoms with van der Waals surface area (Å²) in [4.78, 5) is 13.5. The first-order valence-corrected chi connectivity index (χ1v) is 5.21. The Morgan fingerprint density at radius 3 is 2.43 bits per heavy atom. The molecule has 0 aromatic heterocycles. The molecule has 1 atom stereocenters. The maximum absolute atomic E-state index is 11.3. The second-order valence-electron chi connectivity index (χ2n) is 3.81. The quantitative estimate of drug-likeness (QED) is 0.644. The molecule has 0 spiro atoms. The van der Waals surface area contributed by atoms with E-state index in [-0.39, 0.29) is 11.9 Å². The van der Waals surface area contributed by atoms with E-state index in [2.05, 4.69) is 24.1 Å². The lowest BCUT2D eigenvalue weighted by atomic mass is 10.1. The van der Waals surface area contributed by atoms with Gasteiger partial charge in [-0.15, -0.1) is 0 Å². The molecule has 0 rings (SSSR count). The van der Waals surface area contributed by atoms with Crippen LogP contribution in [0, 0.1) is 0 Å². The minimum Gasteiger partial charge on any atom is -0.356 e. The molecule has 0 aliphatic carbocycles. The number of hydrogen-bond acceptors (Lipinski definition) is 3. The van der Waals surface area contributed by atoms with E-state index >= 15 is 0 Å². The number of rotatable bonds is 6. The third-order valence-corrected chi connectivity index (χ3v) is 2.46. The number of likely N-dealkylation sites (N-methyl/N-ethyl adjacent to an activating group) is 1. The van der Waals surface area contributed by atoms with Crippen molar-refractivity contribution in [3.05, 3.63) is 0 Å². The minimum absolute atomic E-state index is 0.0791. The van der Waals surface area contributed by atoms with Gasteiger partial charge in [-0.25, -0.2) is 0 Å². The summed E-state index contributed by atoms with van der Waals surface area (Å²) in [5, 5.41) is 2.78. The number of nitrogens with one attached hydrogen (secondary N) is 1. The van der Waals surface area contributed by atoms with Crippen molar-refractivity contribution < 1.29 is 4.79 Å². The van der Waals surface area contributed by atoms with Crippen molar-refractivity contribution in [3.8, 4) is 0 Å². The highest BCUT2D eigenvalue weighted by Gasteiger charge is 2.18. The number of carbonyl (C=O) groups is 1. The van der Waals surface area contributed by atoms with E-state index in [0.717, 1.165) is 0 Å². The van der Waals surface area contributed by atoms with Crippen molar-refractivity contribution >= 4 is 5.91 Å². The summed E-state index contributed by atoms with van der Waals surface area (Å²) in [5.41, 5.74) is 5.63. The molecular weight excluding hydrogens is 178 g/mol. The third kappa shape index (κ3) is 4.58. The topological polar surface area (TPSA) is 58.4 Å². The van der Waals surface area contributed by atoms with Crippen LogP contribution in [0.2, 0.25) is 0 Å².